The standard InChI is InChI=1S/C20H22FNO3/c21-17-6-4-15(5-7-17)18-9-10-22(23)12-16(18)3-1-14-2-8-19-20(11-14)25-13-24-19/h2,4-8,11,16,18,22H,1,3,9-10,12-13H2/t16-,18+/m1/s1. The lowest BCUT2D eigenvalue weighted by atomic mass is 9.78. The Hall–Kier alpha value is -2.11. The van der Waals surface area contributed by atoms with E-state index in [1.165, 1.54) is 17.7 Å². The summed E-state index contributed by atoms with van der Waals surface area (Å²) in [6.07, 6.45) is 2.69. The monoisotopic (exact) mass is 343 g/mol. The maximum atomic E-state index is 13.2. The molecular weight excluding hydrogens is 321 g/mol. The molecule has 2 aromatic rings. The molecule has 1 unspecified atom stereocenters. The van der Waals surface area contributed by atoms with Gasteiger partial charge in [0.2, 0.25) is 6.79 Å². The maximum Gasteiger partial charge on any atom is 0.231 e. The van der Waals surface area contributed by atoms with Gasteiger partial charge in [0.15, 0.2) is 11.5 Å². The van der Waals surface area contributed by atoms with Gasteiger partial charge in [-0.1, -0.05) is 18.2 Å². The first kappa shape index (κ1) is 16.4. The van der Waals surface area contributed by atoms with E-state index >= 15 is 0 Å². The molecule has 0 saturated carbocycles. The van der Waals surface area contributed by atoms with Crippen LogP contribution in [0.15, 0.2) is 42.5 Å². The molecule has 1 saturated heterocycles. The Morgan fingerprint density at radius 1 is 1.08 bits per heavy atom. The van der Waals surface area contributed by atoms with Crippen molar-refractivity contribution in [2.45, 2.75) is 25.2 Å². The Kier molecular flexibility index (Phi) is 4.59. The Morgan fingerprint density at radius 2 is 1.88 bits per heavy atom. The quantitative estimate of drug-likeness (QED) is 0.868. The fourth-order valence-corrected chi connectivity index (χ4v) is 3.99. The van der Waals surface area contributed by atoms with Gasteiger partial charge < -0.3 is 19.7 Å². The van der Waals surface area contributed by atoms with Crippen molar-refractivity contribution < 1.29 is 18.9 Å². The van der Waals surface area contributed by atoms with Gasteiger partial charge in [-0.2, -0.15) is 0 Å². The van der Waals surface area contributed by atoms with Crippen molar-refractivity contribution in [2.24, 2.45) is 5.92 Å². The largest absolute Gasteiger partial charge is 0.634 e. The lowest BCUT2D eigenvalue weighted by Gasteiger charge is -2.38. The van der Waals surface area contributed by atoms with E-state index in [2.05, 4.69) is 6.07 Å². The Balaban J connectivity index is 1.47. The summed E-state index contributed by atoms with van der Waals surface area (Å²) in [5.41, 5.74) is 2.34. The number of hydrogen-bond acceptors (Lipinski definition) is 3. The number of benzene rings is 2. The Morgan fingerprint density at radius 3 is 2.72 bits per heavy atom. The lowest BCUT2D eigenvalue weighted by Crippen LogP contribution is -3.09. The number of hydroxylamine groups is 2. The number of ether oxygens (including phenoxy) is 2. The summed E-state index contributed by atoms with van der Waals surface area (Å²) in [6.45, 7) is 1.53. The molecule has 132 valence electrons. The predicted molar refractivity (Wildman–Crippen MR) is 92.2 cm³/mol. The van der Waals surface area contributed by atoms with Gasteiger partial charge in [-0.25, -0.2) is 4.39 Å². The molecule has 2 heterocycles. The van der Waals surface area contributed by atoms with Crippen molar-refractivity contribution in [3.05, 3.63) is 64.6 Å². The van der Waals surface area contributed by atoms with Crippen molar-refractivity contribution in [1.82, 2.24) is 0 Å². The Labute approximate surface area is 146 Å². The van der Waals surface area contributed by atoms with Crippen LogP contribution < -0.4 is 14.5 Å². The van der Waals surface area contributed by atoms with Gasteiger partial charge >= 0.3 is 0 Å². The molecule has 1 fully saturated rings. The second kappa shape index (κ2) is 7.02. The molecule has 2 aromatic carbocycles. The minimum atomic E-state index is -0.215. The molecule has 1 N–H and O–H groups in total. The second-order valence-corrected chi connectivity index (χ2v) is 6.93. The summed E-state index contributed by atoms with van der Waals surface area (Å²) >= 11 is 0. The SMILES string of the molecule is [O-][NH+]1CC[C@@H](c2ccc(F)cc2)[C@H](CCc2ccc3c(c2)OCO3)C1. The molecular formula is C20H22FNO3. The van der Waals surface area contributed by atoms with Crippen LogP contribution in [0.4, 0.5) is 4.39 Å². The summed E-state index contributed by atoms with van der Waals surface area (Å²) in [7, 11) is 0. The van der Waals surface area contributed by atoms with Crippen LogP contribution in [0.5, 0.6) is 11.5 Å². The van der Waals surface area contributed by atoms with Crippen molar-refractivity contribution in [3.63, 3.8) is 0 Å². The highest BCUT2D eigenvalue weighted by atomic mass is 19.1. The number of hydrogen-bond donors (Lipinski definition) is 1. The predicted octanol–water partition coefficient (Wildman–Crippen LogP) is 2.67. The first-order valence-electron chi connectivity index (χ1n) is 8.85. The number of nitrogens with one attached hydrogen (secondary N) is 1. The van der Waals surface area contributed by atoms with Gasteiger partial charge in [-0.3, -0.25) is 0 Å². The minimum Gasteiger partial charge on any atom is -0.634 e. The maximum absolute atomic E-state index is 13.2. The summed E-state index contributed by atoms with van der Waals surface area (Å²) in [5.74, 6) is 2.00. The molecule has 5 heteroatoms. The average molecular weight is 343 g/mol. The van der Waals surface area contributed by atoms with Crippen LogP contribution in [0.1, 0.15) is 29.9 Å². The first-order chi connectivity index (χ1) is 12.2. The van der Waals surface area contributed by atoms with E-state index in [0.717, 1.165) is 36.3 Å². The topological polar surface area (TPSA) is 46.0 Å². The molecule has 0 amide bonds. The third kappa shape index (κ3) is 3.62. The van der Waals surface area contributed by atoms with E-state index in [0.29, 0.717) is 30.0 Å². The van der Waals surface area contributed by atoms with E-state index in [1.54, 1.807) is 0 Å². The Bertz CT molecular complexity index is 734. The van der Waals surface area contributed by atoms with Gasteiger partial charge in [0.1, 0.15) is 5.82 Å². The number of fused-ring (bicyclic) bond motifs is 1. The molecule has 4 nitrogen and oxygen atoms in total. The number of aryl methyl sites for hydroxylation is 1. The van der Waals surface area contributed by atoms with E-state index < -0.39 is 0 Å². The molecule has 25 heavy (non-hydrogen) atoms. The minimum absolute atomic E-state index is 0.215. The highest BCUT2D eigenvalue weighted by Gasteiger charge is 2.30. The molecule has 2 aliphatic rings. The normalized spacial score (nSPS) is 25.1. The van der Waals surface area contributed by atoms with E-state index in [4.69, 9.17) is 9.47 Å². The van der Waals surface area contributed by atoms with E-state index in [9.17, 15) is 9.60 Å². The van der Waals surface area contributed by atoms with Crippen LogP contribution >= 0.6 is 0 Å². The van der Waals surface area contributed by atoms with Crippen LogP contribution in [0.3, 0.4) is 0 Å². The summed E-state index contributed by atoms with van der Waals surface area (Å²) < 4.78 is 24.0. The molecule has 0 aromatic heterocycles. The molecule has 0 spiro atoms. The van der Waals surface area contributed by atoms with Gasteiger partial charge in [-0.15, -0.1) is 0 Å². The third-order valence-corrected chi connectivity index (χ3v) is 5.33. The highest BCUT2D eigenvalue weighted by Crippen LogP contribution is 2.35. The molecule has 3 atom stereocenters. The fraction of sp³-hybridized carbons (Fsp3) is 0.400. The van der Waals surface area contributed by atoms with Crippen LogP contribution in [0.2, 0.25) is 0 Å². The van der Waals surface area contributed by atoms with Crippen LogP contribution in [-0.4, -0.2) is 19.9 Å². The molecule has 0 radical (unpaired) electrons. The van der Waals surface area contributed by atoms with Gasteiger partial charge in [-0.05, 0) is 54.2 Å². The number of quaternary nitrogens is 1. The number of piperidine rings is 1. The van der Waals surface area contributed by atoms with Gasteiger partial charge in [0.05, 0.1) is 13.1 Å². The van der Waals surface area contributed by atoms with E-state index in [-0.39, 0.29) is 12.6 Å². The fourth-order valence-electron chi connectivity index (χ4n) is 3.99. The number of halogens is 1. The zero-order valence-electron chi connectivity index (χ0n) is 14.0. The van der Waals surface area contributed by atoms with Crippen LogP contribution in [-0.2, 0) is 6.42 Å². The summed E-state index contributed by atoms with van der Waals surface area (Å²) in [5, 5.41) is 12.3. The summed E-state index contributed by atoms with van der Waals surface area (Å²) in [4.78, 5) is 0. The van der Waals surface area contributed by atoms with Crippen molar-refractivity contribution in [1.29, 1.82) is 0 Å². The van der Waals surface area contributed by atoms with Gasteiger partial charge in [0, 0.05) is 12.3 Å². The third-order valence-electron chi connectivity index (χ3n) is 5.33. The van der Waals surface area contributed by atoms with Crippen molar-refractivity contribution in [3.8, 4) is 11.5 Å². The number of rotatable bonds is 4. The highest BCUT2D eigenvalue weighted by molar-refractivity contribution is 5.44. The molecule has 0 bridgehead atoms. The van der Waals surface area contributed by atoms with E-state index in [1.807, 2.05) is 24.3 Å². The molecule has 4 rings (SSSR count). The lowest BCUT2D eigenvalue weighted by molar-refractivity contribution is -0.858. The summed E-state index contributed by atoms with van der Waals surface area (Å²) in [6, 6.07) is 12.8. The average Bonchev–Trinajstić information content (AvgIpc) is 3.09. The molecule has 0 aliphatic carbocycles. The smallest absolute Gasteiger partial charge is 0.231 e. The van der Waals surface area contributed by atoms with Crippen LogP contribution in [0, 0.1) is 16.9 Å². The van der Waals surface area contributed by atoms with Crippen molar-refractivity contribution in [2.75, 3.05) is 19.9 Å². The zero-order chi connectivity index (χ0) is 17.2. The van der Waals surface area contributed by atoms with Crippen molar-refractivity contribution >= 4 is 0 Å². The second-order valence-electron chi connectivity index (χ2n) is 6.93. The van der Waals surface area contributed by atoms with Gasteiger partial charge in [0.25, 0.3) is 0 Å². The first-order valence-corrected chi connectivity index (χ1v) is 8.85. The molecule has 2 aliphatic heterocycles. The zero-order valence-corrected chi connectivity index (χ0v) is 14.0. The van der Waals surface area contributed by atoms with Crippen LogP contribution in [0.25, 0.3) is 0 Å².